The van der Waals surface area contributed by atoms with Crippen LogP contribution in [-0.4, -0.2) is 50.0 Å². The molecule has 1 saturated heterocycles. The van der Waals surface area contributed by atoms with Gasteiger partial charge in [0.2, 0.25) is 5.91 Å². The first-order chi connectivity index (χ1) is 7.66. The Morgan fingerprint density at radius 1 is 1.38 bits per heavy atom. The molecule has 0 aliphatic carbocycles. The topological polar surface area (TPSA) is 88.3 Å². The zero-order valence-electron chi connectivity index (χ0n) is 8.67. The van der Waals surface area contributed by atoms with Gasteiger partial charge in [0, 0.05) is 13.1 Å². The molecule has 0 bridgehead atoms. The quantitative estimate of drug-likeness (QED) is 0.754. The van der Waals surface area contributed by atoms with Crippen LogP contribution in [-0.2, 0) is 11.3 Å². The maximum Gasteiger partial charge on any atom is 0.358 e. The van der Waals surface area contributed by atoms with Crippen LogP contribution in [0.3, 0.4) is 0 Å². The van der Waals surface area contributed by atoms with Crippen LogP contribution in [0.15, 0.2) is 6.20 Å². The van der Waals surface area contributed by atoms with E-state index in [4.69, 9.17) is 5.11 Å². The predicted molar refractivity (Wildman–Crippen MR) is 52.8 cm³/mol. The molecule has 0 spiro atoms. The lowest BCUT2D eigenvalue weighted by Crippen LogP contribution is -2.31. The number of carbonyl (C=O) groups excluding carboxylic acids is 1. The second-order valence-corrected chi connectivity index (χ2v) is 3.69. The summed E-state index contributed by atoms with van der Waals surface area (Å²) in [6.45, 7) is 1.61. The first kappa shape index (κ1) is 10.6. The SMILES string of the molecule is O=C(O)c1cn(CC(=O)N2CCCC2)nn1. The molecule has 1 amide bonds. The molecule has 1 aromatic heterocycles. The van der Waals surface area contributed by atoms with Crippen LogP contribution in [0.25, 0.3) is 0 Å². The van der Waals surface area contributed by atoms with Crippen molar-refractivity contribution in [2.45, 2.75) is 19.4 Å². The van der Waals surface area contributed by atoms with E-state index in [9.17, 15) is 9.59 Å². The summed E-state index contributed by atoms with van der Waals surface area (Å²) >= 11 is 0. The number of rotatable bonds is 3. The number of likely N-dealkylation sites (tertiary alicyclic amines) is 1. The largest absolute Gasteiger partial charge is 0.476 e. The van der Waals surface area contributed by atoms with Crippen molar-refractivity contribution in [2.75, 3.05) is 13.1 Å². The van der Waals surface area contributed by atoms with Crippen molar-refractivity contribution in [1.82, 2.24) is 19.9 Å². The Balaban J connectivity index is 1.97. The molecular formula is C9H12N4O3. The Morgan fingerprint density at radius 3 is 2.62 bits per heavy atom. The Kier molecular flexibility index (Phi) is 2.84. The van der Waals surface area contributed by atoms with Crippen LogP contribution in [0.4, 0.5) is 0 Å². The number of amides is 1. The van der Waals surface area contributed by atoms with Crippen molar-refractivity contribution >= 4 is 11.9 Å². The Morgan fingerprint density at radius 2 is 2.06 bits per heavy atom. The summed E-state index contributed by atoms with van der Waals surface area (Å²) in [6, 6.07) is 0. The van der Waals surface area contributed by atoms with E-state index in [1.54, 1.807) is 4.90 Å². The van der Waals surface area contributed by atoms with Crippen molar-refractivity contribution in [3.05, 3.63) is 11.9 Å². The smallest absolute Gasteiger partial charge is 0.358 e. The van der Waals surface area contributed by atoms with Gasteiger partial charge in [0.1, 0.15) is 6.54 Å². The molecule has 86 valence electrons. The minimum absolute atomic E-state index is 0.0423. The van der Waals surface area contributed by atoms with Crippen molar-refractivity contribution in [3.8, 4) is 0 Å². The monoisotopic (exact) mass is 224 g/mol. The molecule has 16 heavy (non-hydrogen) atoms. The Bertz CT molecular complexity index is 409. The second kappa shape index (κ2) is 4.30. The van der Waals surface area contributed by atoms with Gasteiger partial charge in [-0.3, -0.25) is 4.79 Å². The standard InChI is InChI=1S/C9H12N4O3/c14-8(12-3-1-2-4-12)6-13-5-7(9(15)16)10-11-13/h5H,1-4,6H2,(H,15,16). The van der Waals surface area contributed by atoms with E-state index >= 15 is 0 Å². The number of carboxylic acids is 1. The number of carboxylic acid groups (broad SMARTS) is 1. The summed E-state index contributed by atoms with van der Waals surface area (Å²) in [5.41, 5.74) is -0.144. The van der Waals surface area contributed by atoms with Gasteiger partial charge >= 0.3 is 5.97 Å². The molecule has 0 atom stereocenters. The van der Waals surface area contributed by atoms with E-state index in [1.165, 1.54) is 10.9 Å². The summed E-state index contributed by atoms with van der Waals surface area (Å²) in [5, 5.41) is 15.7. The van der Waals surface area contributed by atoms with Gasteiger partial charge < -0.3 is 10.0 Å². The van der Waals surface area contributed by atoms with Gasteiger partial charge in [-0.15, -0.1) is 5.10 Å². The molecule has 0 radical (unpaired) electrons. The summed E-state index contributed by atoms with van der Waals surface area (Å²) in [4.78, 5) is 24.0. The van der Waals surface area contributed by atoms with Gasteiger partial charge in [0.05, 0.1) is 6.20 Å². The first-order valence-electron chi connectivity index (χ1n) is 5.08. The fourth-order valence-corrected chi connectivity index (χ4v) is 1.68. The number of nitrogens with zero attached hydrogens (tertiary/aromatic N) is 4. The highest BCUT2D eigenvalue weighted by Crippen LogP contribution is 2.08. The van der Waals surface area contributed by atoms with E-state index < -0.39 is 5.97 Å². The lowest BCUT2D eigenvalue weighted by molar-refractivity contribution is -0.130. The van der Waals surface area contributed by atoms with Crippen molar-refractivity contribution < 1.29 is 14.7 Å². The number of aromatic carboxylic acids is 1. The fraction of sp³-hybridized carbons (Fsp3) is 0.556. The molecule has 2 rings (SSSR count). The first-order valence-corrected chi connectivity index (χ1v) is 5.08. The molecule has 1 aromatic rings. The highest BCUT2D eigenvalue weighted by molar-refractivity contribution is 5.84. The zero-order chi connectivity index (χ0) is 11.5. The summed E-state index contributed by atoms with van der Waals surface area (Å²) in [7, 11) is 0. The van der Waals surface area contributed by atoms with E-state index in [-0.39, 0.29) is 18.1 Å². The highest BCUT2D eigenvalue weighted by Gasteiger charge is 2.19. The molecular weight excluding hydrogens is 212 g/mol. The molecule has 1 N–H and O–H groups in total. The van der Waals surface area contributed by atoms with Crippen LogP contribution in [0.5, 0.6) is 0 Å². The van der Waals surface area contributed by atoms with E-state index in [0.717, 1.165) is 25.9 Å². The fourth-order valence-electron chi connectivity index (χ4n) is 1.68. The van der Waals surface area contributed by atoms with Crippen molar-refractivity contribution in [2.24, 2.45) is 0 Å². The number of carbonyl (C=O) groups is 2. The van der Waals surface area contributed by atoms with Gasteiger partial charge in [0.15, 0.2) is 5.69 Å². The molecule has 0 saturated carbocycles. The molecule has 1 fully saturated rings. The third-order valence-corrected chi connectivity index (χ3v) is 2.51. The van der Waals surface area contributed by atoms with Gasteiger partial charge in [0.25, 0.3) is 0 Å². The molecule has 1 aliphatic heterocycles. The third-order valence-electron chi connectivity index (χ3n) is 2.51. The predicted octanol–water partition coefficient (Wildman–Crippen LogP) is -0.401. The van der Waals surface area contributed by atoms with Crippen LogP contribution < -0.4 is 0 Å². The van der Waals surface area contributed by atoms with Gasteiger partial charge in [-0.1, -0.05) is 5.21 Å². The zero-order valence-corrected chi connectivity index (χ0v) is 8.67. The van der Waals surface area contributed by atoms with Gasteiger partial charge in [-0.2, -0.15) is 0 Å². The molecule has 0 unspecified atom stereocenters. The molecule has 7 heteroatoms. The van der Waals surface area contributed by atoms with E-state index in [2.05, 4.69) is 10.3 Å². The second-order valence-electron chi connectivity index (χ2n) is 3.69. The maximum absolute atomic E-state index is 11.7. The summed E-state index contributed by atoms with van der Waals surface area (Å²) < 4.78 is 1.25. The van der Waals surface area contributed by atoms with Crippen LogP contribution in [0.1, 0.15) is 23.3 Å². The Labute approximate surface area is 91.7 Å². The van der Waals surface area contributed by atoms with E-state index in [0.29, 0.717) is 0 Å². The average Bonchev–Trinajstić information content (AvgIpc) is 2.87. The van der Waals surface area contributed by atoms with Crippen LogP contribution in [0.2, 0.25) is 0 Å². The molecule has 7 nitrogen and oxygen atoms in total. The minimum atomic E-state index is -1.14. The molecule has 2 heterocycles. The lowest BCUT2D eigenvalue weighted by Gasteiger charge is -2.14. The number of hydrogen-bond donors (Lipinski definition) is 1. The summed E-state index contributed by atoms with van der Waals surface area (Å²) in [5.74, 6) is -1.18. The van der Waals surface area contributed by atoms with Gasteiger partial charge in [-0.05, 0) is 12.8 Å². The normalized spacial score (nSPS) is 15.4. The Hall–Kier alpha value is -1.92. The van der Waals surface area contributed by atoms with Crippen LogP contribution in [0, 0.1) is 0 Å². The van der Waals surface area contributed by atoms with Crippen LogP contribution >= 0.6 is 0 Å². The number of aromatic nitrogens is 3. The summed E-state index contributed by atoms with van der Waals surface area (Å²) in [6.07, 6.45) is 3.32. The molecule has 0 aromatic carbocycles. The van der Waals surface area contributed by atoms with Crippen molar-refractivity contribution in [1.29, 1.82) is 0 Å². The maximum atomic E-state index is 11.7. The third kappa shape index (κ3) is 2.18. The molecule has 1 aliphatic rings. The van der Waals surface area contributed by atoms with Crippen molar-refractivity contribution in [3.63, 3.8) is 0 Å². The highest BCUT2D eigenvalue weighted by atomic mass is 16.4. The minimum Gasteiger partial charge on any atom is -0.476 e. The van der Waals surface area contributed by atoms with Gasteiger partial charge in [-0.25, -0.2) is 9.48 Å². The average molecular weight is 224 g/mol. The van der Waals surface area contributed by atoms with E-state index in [1.807, 2.05) is 0 Å². The number of hydrogen-bond acceptors (Lipinski definition) is 4. The lowest BCUT2D eigenvalue weighted by atomic mass is 10.4.